The van der Waals surface area contributed by atoms with Gasteiger partial charge in [0.15, 0.2) is 0 Å². The standard InChI is InChI=1S/C11H15NO3/c1-3-9(13)12(2)11(10(14)15)7-5-4-6-8-11/h1H,4-8H2,2H3,(H,14,15). The van der Waals surface area contributed by atoms with Crippen molar-refractivity contribution in [3.63, 3.8) is 0 Å². The van der Waals surface area contributed by atoms with E-state index in [0.717, 1.165) is 19.3 Å². The first-order chi connectivity index (χ1) is 7.04. The van der Waals surface area contributed by atoms with Crippen LogP contribution in [0.25, 0.3) is 0 Å². The maximum atomic E-state index is 11.3. The Morgan fingerprint density at radius 3 is 2.27 bits per heavy atom. The minimum atomic E-state index is -1.08. The molecule has 0 spiro atoms. The molecule has 1 amide bonds. The van der Waals surface area contributed by atoms with E-state index >= 15 is 0 Å². The number of aliphatic carboxylic acids is 1. The molecule has 0 saturated heterocycles. The number of rotatable bonds is 2. The van der Waals surface area contributed by atoms with Gasteiger partial charge < -0.3 is 10.0 Å². The molecular weight excluding hydrogens is 194 g/mol. The minimum Gasteiger partial charge on any atom is -0.479 e. The molecular formula is C11H15NO3. The van der Waals surface area contributed by atoms with E-state index in [0.29, 0.717) is 12.8 Å². The summed E-state index contributed by atoms with van der Waals surface area (Å²) in [7, 11) is 1.47. The molecule has 1 aliphatic rings. The molecule has 0 bridgehead atoms. The Hall–Kier alpha value is -1.50. The van der Waals surface area contributed by atoms with E-state index in [9.17, 15) is 14.7 Å². The molecule has 0 radical (unpaired) electrons. The number of hydrogen-bond donors (Lipinski definition) is 1. The number of likely N-dealkylation sites (N-methyl/N-ethyl adjacent to an activating group) is 1. The Kier molecular flexibility index (Phi) is 3.35. The van der Waals surface area contributed by atoms with E-state index in [2.05, 4.69) is 0 Å². The third-order valence-electron chi connectivity index (χ3n) is 3.15. The van der Waals surface area contributed by atoms with Gasteiger partial charge in [-0.3, -0.25) is 4.79 Å². The zero-order chi connectivity index (χ0) is 11.5. The molecule has 4 nitrogen and oxygen atoms in total. The molecule has 1 N–H and O–H groups in total. The maximum absolute atomic E-state index is 11.3. The van der Waals surface area contributed by atoms with Gasteiger partial charge in [-0.1, -0.05) is 19.3 Å². The molecule has 15 heavy (non-hydrogen) atoms. The highest BCUT2D eigenvalue weighted by atomic mass is 16.4. The minimum absolute atomic E-state index is 0.492. The van der Waals surface area contributed by atoms with Crippen LogP contribution in [0.5, 0.6) is 0 Å². The number of carboxylic acid groups (broad SMARTS) is 1. The molecule has 0 aromatic rings. The van der Waals surface area contributed by atoms with Crippen LogP contribution in [0.3, 0.4) is 0 Å². The molecule has 0 atom stereocenters. The van der Waals surface area contributed by atoms with Gasteiger partial charge in [0.05, 0.1) is 0 Å². The average molecular weight is 209 g/mol. The van der Waals surface area contributed by atoms with Crippen LogP contribution in [-0.4, -0.2) is 34.5 Å². The number of carbonyl (C=O) groups excluding carboxylic acids is 1. The smallest absolute Gasteiger partial charge is 0.329 e. The van der Waals surface area contributed by atoms with Crippen LogP contribution < -0.4 is 0 Å². The average Bonchev–Trinajstić information content (AvgIpc) is 2.27. The van der Waals surface area contributed by atoms with Gasteiger partial charge in [0.25, 0.3) is 5.91 Å². The highest BCUT2D eigenvalue weighted by Gasteiger charge is 2.45. The van der Waals surface area contributed by atoms with Crippen LogP contribution in [0.2, 0.25) is 0 Å². The molecule has 0 unspecified atom stereocenters. The molecule has 1 rings (SSSR count). The summed E-state index contributed by atoms with van der Waals surface area (Å²) in [6, 6.07) is 0. The van der Waals surface area contributed by atoms with E-state index in [1.54, 1.807) is 0 Å². The van der Waals surface area contributed by atoms with E-state index in [1.807, 2.05) is 5.92 Å². The number of hydrogen-bond acceptors (Lipinski definition) is 2. The van der Waals surface area contributed by atoms with E-state index in [4.69, 9.17) is 6.42 Å². The largest absolute Gasteiger partial charge is 0.479 e. The van der Waals surface area contributed by atoms with Crippen molar-refractivity contribution in [2.24, 2.45) is 0 Å². The van der Waals surface area contributed by atoms with Crippen molar-refractivity contribution in [3.05, 3.63) is 0 Å². The van der Waals surface area contributed by atoms with Gasteiger partial charge >= 0.3 is 5.97 Å². The molecule has 1 fully saturated rings. The number of carboxylic acids is 1. The van der Waals surface area contributed by atoms with Crippen molar-refractivity contribution in [1.29, 1.82) is 0 Å². The number of terminal acetylenes is 1. The van der Waals surface area contributed by atoms with Crippen LogP contribution >= 0.6 is 0 Å². The Morgan fingerprint density at radius 1 is 1.33 bits per heavy atom. The van der Waals surface area contributed by atoms with Crippen molar-refractivity contribution in [3.8, 4) is 12.3 Å². The molecule has 1 aliphatic carbocycles. The third kappa shape index (κ3) is 1.96. The Balaban J connectivity index is 2.95. The molecule has 4 heteroatoms. The summed E-state index contributed by atoms with van der Waals surface area (Å²) in [5, 5.41) is 9.24. The van der Waals surface area contributed by atoms with Crippen molar-refractivity contribution in [2.75, 3.05) is 7.05 Å². The van der Waals surface area contributed by atoms with Crippen molar-refractivity contribution >= 4 is 11.9 Å². The Morgan fingerprint density at radius 2 is 1.87 bits per heavy atom. The zero-order valence-electron chi connectivity index (χ0n) is 8.82. The van der Waals surface area contributed by atoms with Crippen LogP contribution in [0.4, 0.5) is 0 Å². The van der Waals surface area contributed by atoms with Crippen molar-refractivity contribution in [2.45, 2.75) is 37.6 Å². The fraction of sp³-hybridized carbons (Fsp3) is 0.636. The topological polar surface area (TPSA) is 57.6 Å². The first-order valence-electron chi connectivity index (χ1n) is 5.02. The summed E-state index contributed by atoms with van der Waals surface area (Å²) in [5.41, 5.74) is -1.08. The second-order valence-corrected chi connectivity index (χ2v) is 3.91. The summed E-state index contributed by atoms with van der Waals surface area (Å²) in [6.45, 7) is 0. The van der Waals surface area contributed by atoms with Crippen LogP contribution in [-0.2, 0) is 9.59 Å². The van der Waals surface area contributed by atoms with Crippen molar-refractivity contribution < 1.29 is 14.7 Å². The van der Waals surface area contributed by atoms with Crippen LogP contribution in [0.1, 0.15) is 32.1 Å². The molecule has 0 heterocycles. The van der Waals surface area contributed by atoms with Crippen LogP contribution in [0, 0.1) is 12.3 Å². The predicted octanol–water partition coefficient (Wildman–Crippen LogP) is 0.865. The summed E-state index contributed by atoms with van der Waals surface area (Å²) in [4.78, 5) is 23.8. The first kappa shape index (κ1) is 11.6. The molecule has 82 valence electrons. The molecule has 0 aromatic carbocycles. The summed E-state index contributed by atoms with van der Waals surface area (Å²) in [5.74, 6) is 0.458. The van der Waals surface area contributed by atoms with Gasteiger partial charge in [-0.2, -0.15) is 0 Å². The molecule has 0 aromatic heterocycles. The number of amides is 1. The normalized spacial score (nSPS) is 18.9. The lowest BCUT2D eigenvalue weighted by molar-refractivity contribution is -0.158. The van der Waals surface area contributed by atoms with Gasteiger partial charge in [-0.25, -0.2) is 4.79 Å². The first-order valence-corrected chi connectivity index (χ1v) is 5.02. The van der Waals surface area contributed by atoms with Gasteiger partial charge in [0.1, 0.15) is 5.54 Å². The lowest BCUT2D eigenvalue weighted by atomic mass is 9.80. The Labute approximate surface area is 89.3 Å². The van der Waals surface area contributed by atoms with Gasteiger partial charge in [-0.05, 0) is 18.8 Å². The fourth-order valence-corrected chi connectivity index (χ4v) is 2.12. The van der Waals surface area contributed by atoms with E-state index in [-0.39, 0.29) is 0 Å². The number of carbonyl (C=O) groups is 2. The Bertz CT molecular complexity index is 310. The predicted molar refractivity (Wildman–Crippen MR) is 55.1 cm³/mol. The highest BCUT2D eigenvalue weighted by Crippen LogP contribution is 2.33. The molecule has 1 saturated carbocycles. The van der Waals surface area contributed by atoms with Crippen molar-refractivity contribution in [1.82, 2.24) is 4.90 Å². The zero-order valence-corrected chi connectivity index (χ0v) is 8.82. The monoisotopic (exact) mass is 209 g/mol. The summed E-state index contributed by atoms with van der Waals surface area (Å²) >= 11 is 0. The van der Waals surface area contributed by atoms with E-state index in [1.165, 1.54) is 11.9 Å². The molecule has 0 aliphatic heterocycles. The lowest BCUT2D eigenvalue weighted by Gasteiger charge is -2.39. The third-order valence-corrected chi connectivity index (χ3v) is 3.15. The van der Waals surface area contributed by atoms with Gasteiger partial charge in [-0.15, -0.1) is 6.42 Å². The summed E-state index contributed by atoms with van der Waals surface area (Å²) in [6.07, 6.45) is 8.67. The number of nitrogens with zero attached hydrogens (tertiary/aromatic N) is 1. The van der Waals surface area contributed by atoms with Gasteiger partial charge in [0, 0.05) is 7.05 Å². The second-order valence-electron chi connectivity index (χ2n) is 3.91. The quantitative estimate of drug-likeness (QED) is 0.686. The maximum Gasteiger partial charge on any atom is 0.329 e. The fourth-order valence-electron chi connectivity index (χ4n) is 2.12. The lowest BCUT2D eigenvalue weighted by Crippen LogP contribution is -2.56. The van der Waals surface area contributed by atoms with Crippen LogP contribution in [0.15, 0.2) is 0 Å². The second kappa shape index (κ2) is 4.35. The highest BCUT2D eigenvalue weighted by molar-refractivity contribution is 5.96. The van der Waals surface area contributed by atoms with Gasteiger partial charge in [0.2, 0.25) is 0 Å². The summed E-state index contributed by atoms with van der Waals surface area (Å²) < 4.78 is 0. The van der Waals surface area contributed by atoms with E-state index < -0.39 is 17.4 Å². The SMILES string of the molecule is C#CC(=O)N(C)C1(C(=O)O)CCCCC1.